The zero-order valence-corrected chi connectivity index (χ0v) is 11.6. The lowest BCUT2D eigenvalue weighted by Crippen LogP contribution is -1.85. The van der Waals surface area contributed by atoms with Crippen molar-refractivity contribution in [2.24, 2.45) is 0 Å². The molecule has 0 bridgehead atoms. The van der Waals surface area contributed by atoms with Crippen LogP contribution in [0.5, 0.6) is 5.75 Å². The highest BCUT2D eigenvalue weighted by atomic mass is 16.5. The Morgan fingerprint density at radius 3 is 2.48 bits per heavy atom. The summed E-state index contributed by atoms with van der Waals surface area (Å²) >= 11 is 0. The number of nitrogens with zero attached hydrogens (tertiary/aromatic N) is 2. The van der Waals surface area contributed by atoms with Gasteiger partial charge < -0.3 is 9.15 Å². The SMILES string of the molecule is COc1ccccc1C=Cc1nnc(-c2ccccc2)o1. The van der Waals surface area contributed by atoms with Gasteiger partial charge in [-0.05, 0) is 24.3 Å². The van der Waals surface area contributed by atoms with Gasteiger partial charge in [-0.2, -0.15) is 0 Å². The second-order valence-corrected chi connectivity index (χ2v) is 4.39. The number of ether oxygens (including phenoxy) is 1. The molecule has 0 N–H and O–H groups in total. The van der Waals surface area contributed by atoms with Crippen molar-refractivity contribution < 1.29 is 9.15 Å². The molecule has 0 aliphatic carbocycles. The van der Waals surface area contributed by atoms with E-state index in [1.165, 1.54) is 0 Å². The summed E-state index contributed by atoms with van der Waals surface area (Å²) in [6, 6.07) is 17.4. The van der Waals surface area contributed by atoms with Gasteiger partial charge >= 0.3 is 0 Å². The van der Waals surface area contributed by atoms with E-state index in [2.05, 4.69) is 10.2 Å². The van der Waals surface area contributed by atoms with E-state index >= 15 is 0 Å². The summed E-state index contributed by atoms with van der Waals surface area (Å²) in [4.78, 5) is 0. The van der Waals surface area contributed by atoms with Gasteiger partial charge in [0.15, 0.2) is 0 Å². The summed E-state index contributed by atoms with van der Waals surface area (Å²) in [5.41, 5.74) is 1.86. The summed E-state index contributed by atoms with van der Waals surface area (Å²) in [6.07, 6.45) is 3.67. The van der Waals surface area contributed by atoms with Crippen LogP contribution in [0.1, 0.15) is 11.5 Å². The number of para-hydroxylation sites is 1. The smallest absolute Gasteiger partial charge is 0.248 e. The van der Waals surface area contributed by atoms with E-state index in [9.17, 15) is 0 Å². The number of benzene rings is 2. The summed E-state index contributed by atoms with van der Waals surface area (Å²) in [7, 11) is 1.65. The molecule has 0 atom stereocenters. The molecule has 4 heteroatoms. The van der Waals surface area contributed by atoms with Crippen LogP contribution in [0.4, 0.5) is 0 Å². The standard InChI is InChI=1S/C17H14N2O2/c1-20-15-10-6-5-7-13(15)11-12-16-18-19-17(21-16)14-8-3-2-4-9-14/h2-12H,1H3. The molecule has 0 aliphatic rings. The summed E-state index contributed by atoms with van der Waals surface area (Å²) in [5.74, 6) is 1.77. The molecule has 0 spiro atoms. The molecule has 0 unspecified atom stereocenters. The second-order valence-electron chi connectivity index (χ2n) is 4.39. The maximum Gasteiger partial charge on any atom is 0.248 e. The average molecular weight is 278 g/mol. The first-order chi connectivity index (χ1) is 10.4. The van der Waals surface area contributed by atoms with Gasteiger partial charge in [0.05, 0.1) is 7.11 Å². The average Bonchev–Trinajstić information content (AvgIpc) is 3.03. The summed E-state index contributed by atoms with van der Waals surface area (Å²) < 4.78 is 10.9. The van der Waals surface area contributed by atoms with Crippen molar-refractivity contribution in [1.82, 2.24) is 10.2 Å². The first-order valence-electron chi connectivity index (χ1n) is 6.57. The van der Waals surface area contributed by atoms with Gasteiger partial charge in [-0.1, -0.05) is 36.4 Å². The van der Waals surface area contributed by atoms with E-state index in [0.717, 1.165) is 16.9 Å². The minimum Gasteiger partial charge on any atom is -0.496 e. The fourth-order valence-electron chi connectivity index (χ4n) is 1.96. The van der Waals surface area contributed by atoms with Crippen LogP contribution < -0.4 is 4.74 Å². The van der Waals surface area contributed by atoms with Gasteiger partial charge in [0, 0.05) is 17.2 Å². The van der Waals surface area contributed by atoms with Crippen molar-refractivity contribution in [3.05, 3.63) is 66.1 Å². The Morgan fingerprint density at radius 2 is 1.67 bits per heavy atom. The third-order valence-corrected chi connectivity index (χ3v) is 3.01. The molecule has 4 nitrogen and oxygen atoms in total. The maximum atomic E-state index is 5.62. The van der Waals surface area contributed by atoms with Gasteiger partial charge in [0.1, 0.15) is 5.75 Å². The molecule has 104 valence electrons. The molecule has 3 rings (SSSR count). The highest BCUT2D eigenvalue weighted by molar-refractivity contribution is 5.70. The van der Waals surface area contributed by atoms with Crippen LogP contribution in [0.3, 0.4) is 0 Å². The zero-order chi connectivity index (χ0) is 14.5. The fraction of sp³-hybridized carbons (Fsp3) is 0.0588. The first kappa shape index (κ1) is 13.1. The Morgan fingerprint density at radius 1 is 0.905 bits per heavy atom. The van der Waals surface area contributed by atoms with Gasteiger partial charge in [-0.25, -0.2) is 0 Å². The highest BCUT2D eigenvalue weighted by Crippen LogP contribution is 2.21. The lowest BCUT2D eigenvalue weighted by Gasteiger charge is -2.02. The molecule has 0 radical (unpaired) electrons. The summed E-state index contributed by atoms with van der Waals surface area (Å²) in [5, 5.41) is 8.06. The Labute approximate surface area is 122 Å². The van der Waals surface area contributed by atoms with Crippen LogP contribution in [0.15, 0.2) is 59.0 Å². The van der Waals surface area contributed by atoms with Crippen LogP contribution in [0, 0.1) is 0 Å². The van der Waals surface area contributed by atoms with E-state index in [1.54, 1.807) is 13.2 Å². The van der Waals surface area contributed by atoms with Crippen molar-refractivity contribution in [2.75, 3.05) is 7.11 Å². The fourth-order valence-corrected chi connectivity index (χ4v) is 1.96. The van der Waals surface area contributed by atoms with Crippen molar-refractivity contribution >= 4 is 12.2 Å². The third kappa shape index (κ3) is 3.00. The predicted molar refractivity (Wildman–Crippen MR) is 81.7 cm³/mol. The number of hydrogen-bond acceptors (Lipinski definition) is 4. The molecule has 1 aromatic heterocycles. The monoisotopic (exact) mass is 278 g/mol. The van der Waals surface area contributed by atoms with Crippen LogP contribution in [0.25, 0.3) is 23.6 Å². The third-order valence-electron chi connectivity index (χ3n) is 3.01. The maximum absolute atomic E-state index is 5.62. The molecule has 0 fully saturated rings. The number of hydrogen-bond donors (Lipinski definition) is 0. The minimum atomic E-state index is 0.458. The van der Waals surface area contributed by atoms with Crippen molar-refractivity contribution in [1.29, 1.82) is 0 Å². The van der Waals surface area contributed by atoms with Crippen LogP contribution >= 0.6 is 0 Å². The molecule has 0 saturated heterocycles. The predicted octanol–water partition coefficient (Wildman–Crippen LogP) is 3.92. The molecular formula is C17H14N2O2. The Balaban J connectivity index is 1.83. The normalized spacial score (nSPS) is 10.9. The van der Waals surface area contributed by atoms with E-state index in [4.69, 9.17) is 9.15 Å². The molecular weight excluding hydrogens is 264 g/mol. The molecule has 0 aliphatic heterocycles. The number of methoxy groups -OCH3 is 1. The van der Waals surface area contributed by atoms with E-state index < -0.39 is 0 Å². The quantitative estimate of drug-likeness (QED) is 0.725. The number of rotatable bonds is 4. The van der Waals surface area contributed by atoms with Gasteiger partial charge in [-0.3, -0.25) is 0 Å². The first-order valence-corrected chi connectivity index (χ1v) is 6.57. The minimum absolute atomic E-state index is 0.458. The molecule has 1 heterocycles. The van der Waals surface area contributed by atoms with E-state index in [-0.39, 0.29) is 0 Å². The molecule has 2 aromatic carbocycles. The van der Waals surface area contributed by atoms with Crippen molar-refractivity contribution in [2.45, 2.75) is 0 Å². The second kappa shape index (κ2) is 6.05. The Kier molecular flexibility index (Phi) is 3.78. The molecule has 3 aromatic rings. The van der Waals surface area contributed by atoms with Gasteiger partial charge in [-0.15, -0.1) is 10.2 Å². The van der Waals surface area contributed by atoms with Gasteiger partial charge in [0.2, 0.25) is 11.8 Å². The van der Waals surface area contributed by atoms with Gasteiger partial charge in [0.25, 0.3) is 0 Å². The highest BCUT2D eigenvalue weighted by Gasteiger charge is 2.05. The lowest BCUT2D eigenvalue weighted by molar-refractivity contribution is 0.414. The Bertz CT molecular complexity index is 748. The molecule has 21 heavy (non-hydrogen) atoms. The number of aromatic nitrogens is 2. The van der Waals surface area contributed by atoms with Crippen LogP contribution in [-0.2, 0) is 0 Å². The van der Waals surface area contributed by atoms with Crippen LogP contribution in [0.2, 0.25) is 0 Å². The van der Waals surface area contributed by atoms with Crippen molar-refractivity contribution in [3.63, 3.8) is 0 Å². The molecule has 0 saturated carbocycles. The van der Waals surface area contributed by atoms with E-state index in [0.29, 0.717) is 11.8 Å². The topological polar surface area (TPSA) is 48.2 Å². The lowest BCUT2D eigenvalue weighted by atomic mass is 10.2. The van der Waals surface area contributed by atoms with Crippen LogP contribution in [-0.4, -0.2) is 17.3 Å². The zero-order valence-electron chi connectivity index (χ0n) is 11.6. The van der Waals surface area contributed by atoms with E-state index in [1.807, 2.05) is 60.7 Å². The summed E-state index contributed by atoms with van der Waals surface area (Å²) in [6.45, 7) is 0. The Hall–Kier alpha value is -2.88. The molecule has 0 amide bonds. The van der Waals surface area contributed by atoms with Crippen molar-refractivity contribution in [3.8, 4) is 17.2 Å². The largest absolute Gasteiger partial charge is 0.496 e.